The van der Waals surface area contributed by atoms with Gasteiger partial charge in [-0.3, -0.25) is 0 Å². The average molecular weight is 183 g/mol. The Morgan fingerprint density at radius 3 is 2.62 bits per heavy atom. The smallest absolute Gasteiger partial charge is 0.0808 e. The minimum absolute atomic E-state index is 0.281. The van der Waals surface area contributed by atoms with Crippen molar-refractivity contribution in [1.29, 1.82) is 0 Å². The van der Waals surface area contributed by atoms with Crippen molar-refractivity contribution in [3.8, 4) is 0 Å². The van der Waals surface area contributed by atoms with Gasteiger partial charge in [0.15, 0.2) is 0 Å². The molecule has 0 aliphatic heterocycles. The minimum atomic E-state index is -0.399. The monoisotopic (exact) mass is 183 g/mol. The fraction of sp³-hybridized carbons (Fsp3) is 1.00. The maximum absolute atomic E-state index is 10.4. The molecule has 2 N–H and O–H groups in total. The molecule has 0 radical (unpaired) electrons. The van der Waals surface area contributed by atoms with Crippen molar-refractivity contribution in [1.82, 2.24) is 5.32 Å². The van der Waals surface area contributed by atoms with E-state index >= 15 is 0 Å². The van der Waals surface area contributed by atoms with E-state index in [-0.39, 0.29) is 5.41 Å². The van der Waals surface area contributed by atoms with Crippen LogP contribution in [0.15, 0.2) is 0 Å². The van der Waals surface area contributed by atoms with E-state index < -0.39 is 5.60 Å². The fourth-order valence-electron chi connectivity index (χ4n) is 3.54. The lowest BCUT2D eigenvalue weighted by Crippen LogP contribution is -2.54. The minimum Gasteiger partial charge on any atom is -0.388 e. The summed E-state index contributed by atoms with van der Waals surface area (Å²) < 4.78 is 0. The standard InChI is InChI=1S/C11H21NO/c1-4-12-9-10(2,3)8-5-6-11(9,13)7-8/h8-9,12-13H,4-7H2,1-3H3/t8-,9-,11-/m0/s1. The lowest BCUT2D eigenvalue weighted by atomic mass is 9.71. The summed E-state index contributed by atoms with van der Waals surface area (Å²) in [4.78, 5) is 0. The van der Waals surface area contributed by atoms with E-state index in [1.54, 1.807) is 0 Å². The maximum Gasteiger partial charge on any atom is 0.0808 e. The molecule has 0 heterocycles. The quantitative estimate of drug-likeness (QED) is 0.680. The van der Waals surface area contributed by atoms with Crippen molar-refractivity contribution in [2.75, 3.05) is 6.54 Å². The highest BCUT2D eigenvalue weighted by Crippen LogP contribution is 2.57. The molecule has 0 aromatic carbocycles. The van der Waals surface area contributed by atoms with Gasteiger partial charge in [-0.1, -0.05) is 20.8 Å². The van der Waals surface area contributed by atoms with Crippen LogP contribution in [0.25, 0.3) is 0 Å². The molecule has 0 aromatic heterocycles. The van der Waals surface area contributed by atoms with E-state index in [1.165, 1.54) is 6.42 Å². The summed E-state index contributed by atoms with van der Waals surface area (Å²) in [6.07, 6.45) is 3.22. The van der Waals surface area contributed by atoms with Gasteiger partial charge in [0.05, 0.1) is 5.60 Å². The second-order valence-corrected chi connectivity index (χ2v) is 5.36. The third kappa shape index (κ3) is 1.15. The highest BCUT2D eigenvalue weighted by atomic mass is 16.3. The number of likely N-dealkylation sites (N-methyl/N-ethyl adjacent to an activating group) is 1. The van der Waals surface area contributed by atoms with E-state index in [0.717, 1.165) is 25.3 Å². The molecule has 2 aliphatic rings. The topological polar surface area (TPSA) is 32.3 Å². The van der Waals surface area contributed by atoms with Gasteiger partial charge in [-0.05, 0) is 37.1 Å². The lowest BCUT2D eigenvalue weighted by molar-refractivity contribution is -0.0113. The predicted molar refractivity (Wildman–Crippen MR) is 53.5 cm³/mol. The normalized spacial score (nSPS) is 47.1. The second kappa shape index (κ2) is 2.71. The van der Waals surface area contributed by atoms with Gasteiger partial charge in [0.25, 0.3) is 0 Å². The maximum atomic E-state index is 10.4. The van der Waals surface area contributed by atoms with Gasteiger partial charge in [-0.15, -0.1) is 0 Å². The molecular weight excluding hydrogens is 162 g/mol. The van der Waals surface area contributed by atoms with Crippen molar-refractivity contribution in [3.63, 3.8) is 0 Å². The van der Waals surface area contributed by atoms with Crippen LogP contribution in [0.3, 0.4) is 0 Å². The molecule has 0 unspecified atom stereocenters. The molecule has 13 heavy (non-hydrogen) atoms. The zero-order chi connectivity index (χ0) is 9.69. The first-order chi connectivity index (χ1) is 6.00. The summed E-state index contributed by atoms with van der Waals surface area (Å²) in [6.45, 7) is 7.67. The first kappa shape index (κ1) is 9.47. The number of aliphatic hydroxyl groups is 1. The van der Waals surface area contributed by atoms with Crippen molar-refractivity contribution >= 4 is 0 Å². The summed E-state index contributed by atoms with van der Waals surface area (Å²) in [5, 5.41) is 13.9. The number of fused-ring (bicyclic) bond motifs is 2. The molecule has 2 saturated carbocycles. The van der Waals surface area contributed by atoms with Crippen molar-refractivity contribution < 1.29 is 5.11 Å². The molecule has 76 valence electrons. The second-order valence-electron chi connectivity index (χ2n) is 5.36. The fourth-order valence-corrected chi connectivity index (χ4v) is 3.54. The van der Waals surface area contributed by atoms with Gasteiger partial charge in [-0.25, -0.2) is 0 Å². The van der Waals surface area contributed by atoms with Crippen molar-refractivity contribution in [2.45, 2.75) is 51.7 Å². The lowest BCUT2D eigenvalue weighted by Gasteiger charge is -2.42. The number of hydrogen-bond donors (Lipinski definition) is 2. The van der Waals surface area contributed by atoms with E-state index in [0.29, 0.717) is 6.04 Å². The van der Waals surface area contributed by atoms with Gasteiger partial charge in [0.1, 0.15) is 0 Å². The molecule has 0 saturated heterocycles. The van der Waals surface area contributed by atoms with Gasteiger partial charge in [0, 0.05) is 6.04 Å². The van der Waals surface area contributed by atoms with Crippen LogP contribution >= 0.6 is 0 Å². The molecule has 2 nitrogen and oxygen atoms in total. The molecule has 2 fully saturated rings. The number of nitrogens with one attached hydrogen (secondary N) is 1. The first-order valence-corrected chi connectivity index (χ1v) is 5.46. The molecule has 0 amide bonds. The Bertz CT molecular complexity index is 209. The molecule has 2 aliphatic carbocycles. The first-order valence-electron chi connectivity index (χ1n) is 5.46. The third-order valence-electron chi connectivity index (χ3n) is 4.27. The third-order valence-corrected chi connectivity index (χ3v) is 4.27. The summed E-state index contributed by atoms with van der Waals surface area (Å²) in [5.41, 5.74) is -0.118. The van der Waals surface area contributed by atoms with Gasteiger partial charge in [-0.2, -0.15) is 0 Å². The van der Waals surface area contributed by atoms with Crippen LogP contribution < -0.4 is 5.32 Å². The molecule has 2 rings (SSSR count). The summed E-state index contributed by atoms with van der Waals surface area (Å²) in [7, 11) is 0. The molecule has 2 heteroatoms. The Morgan fingerprint density at radius 1 is 1.46 bits per heavy atom. The van der Waals surface area contributed by atoms with Crippen molar-refractivity contribution in [3.05, 3.63) is 0 Å². The van der Waals surface area contributed by atoms with Gasteiger partial charge >= 0.3 is 0 Å². The average Bonchev–Trinajstić information content (AvgIpc) is 2.50. The molecule has 0 aromatic rings. The van der Waals surface area contributed by atoms with Crippen LogP contribution in [0.4, 0.5) is 0 Å². The summed E-state index contributed by atoms with van der Waals surface area (Å²) in [5.74, 6) is 0.724. The Labute approximate surface area is 80.7 Å². The molecule has 0 spiro atoms. The van der Waals surface area contributed by atoms with Crippen LogP contribution in [0, 0.1) is 11.3 Å². The highest BCUT2D eigenvalue weighted by molar-refractivity contribution is 5.14. The number of rotatable bonds is 2. The Morgan fingerprint density at radius 2 is 2.15 bits per heavy atom. The summed E-state index contributed by atoms with van der Waals surface area (Å²) >= 11 is 0. The van der Waals surface area contributed by atoms with Crippen LogP contribution in [-0.4, -0.2) is 23.3 Å². The van der Waals surface area contributed by atoms with Crippen LogP contribution in [0.2, 0.25) is 0 Å². The zero-order valence-electron chi connectivity index (χ0n) is 8.93. The van der Waals surface area contributed by atoms with Gasteiger partial charge in [0.2, 0.25) is 0 Å². The number of hydrogen-bond acceptors (Lipinski definition) is 2. The van der Waals surface area contributed by atoms with Gasteiger partial charge < -0.3 is 10.4 Å². The van der Waals surface area contributed by atoms with E-state index in [4.69, 9.17) is 0 Å². The van der Waals surface area contributed by atoms with E-state index in [1.807, 2.05) is 0 Å². The van der Waals surface area contributed by atoms with Crippen LogP contribution in [0.1, 0.15) is 40.0 Å². The van der Waals surface area contributed by atoms with Crippen molar-refractivity contribution in [2.24, 2.45) is 11.3 Å². The molecular formula is C11H21NO. The van der Waals surface area contributed by atoms with E-state index in [2.05, 4.69) is 26.1 Å². The van der Waals surface area contributed by atoms with Crippen LogP contribution in [-0.2, 0) is 0 Å². The Balaban J connectivity index is 2.23. The Kier molecular flexibility index (Phi) is 1.97. The molecule has 2 bridgehead atoms. The van der Waals surface area contributed by atoms with E-state index in [9.17, 15) is 5.11 Å². The van der Waals surface area contributed by atoms with Crippen LogP contribution in [0.5, 0.6) is 0 Å². The Hall–Kier alpha value is -0.0800. The molecule has 3 atom stereocenters. The predicted octanol–water partition coefficient (Wildman–Crippen LogP) is 1.54. The SMILES string of the molecule is CCN[C@H]1C(C)(C)[C@H]2CC[C@]1(O)C2. The zero-order valence-corrected chi connectivity index (χ0v) is 8.93. The largest absolute Gasteiger partial charge is 0.388 e. The highest BCUT2D eigenvalue weighted by Gasteiger charge is 2.60. The summed E-state index contributed by atoms with van der Waals surface area (Å²) in [6, 6.07) is 0.309.